The first-order valence-corrected chi connectivity index (χ1v) is 11.4. The summed E-state index contributed by atoms with van der Waals surface area (Å²) in [7, 11) is 0. The molecule has 0 aliphatic heterocycles. The van der Waals surface area contributed by atoms with Crippen molar-refractivity contribution in [1.29, 1.82) is 0 Å². The molecule has 88 valence electrons. The monoisotopic (exact) mass is 284 g/mol. The van der Waals surface area contributed by atoms with E-state index in [0.717, 1.165) is 15.8 Å². The van der Waals surface area contributed by atoms with E-state index in [4.69, 9.17) is 0 Å². The minimum atomic E-state index is -2.39. The molecule has 0 radical (unpaired) electrons. The molecule has 0 atom stereocenters. The summed E-state index contributed by atoms with van der Waals surface area (Å²) >= 11 is -2.39. The Morgan fingerprint density at radius 3 is 1.88 bits per heavy atom. The number of hydrogen-bond donors (Lipinski definition) is 0. The van der Waals surface area contributed by atoms with Gasteiger partial charge in [-0.25, -0.2) is 0 Å². The van der Waals surface area contributed by atoms with E-state index in [1.54, 1.807) is 12.1 Å². The van der Waals surface area contributed by atoms with Crippen LogP contribution in [0.3, 0.4) is 0 Å². The molecule has 1 nitrogen and oxygen atoms in total. The zero-order valence-corrected chi connectivity index (χ0v) is 12.3. The van der Waals surface area contributed by atoms with Gasteiger partial charge in [-0.2, -0.15) is 0 Å². The molecule has 0 spiro atoms. The van der Waals surface area contributed by atoms with Crippen molar-refractivity contribution in [3.8, 4) is 0 Å². The first kappa shape index (κ1) is 13.4. The van der Waals surface area contributed by atoms with Gasteiger partial charge in [0.1, 0.15) is 0 Å². The van der Waals surface area contributed by atoms with Crippen molar-refractivity contribution in [2.75, 3.05) is 0 Å². The van der Waals surface area contributed by atoms with Crippen molar-refractivity contribution in [2.24, 2.45) is 0 Å². The quantitative estimate of drug-likeness (QED) is 0.745. The van der Waals surface area contributed by atoms with Gasteiger partial charge in [0.05, 0.1) is 0 Å². The second-order valence-electron chi connectivity index (χ2n) is 4.18. The Labute approximate surface area is 99.4 Å². The van der Waals surface area contributed by atoms with Crippen molar-refractivity contribution in [3.63, 3.8) is 0 Å². The number of halogens is 1. The van der Waals surface area contributed by atoms with Crippen LogP contribution in [0, 0.1) is 5.82 Å². The molecule has 1 rings (SSSR count). The SMILES string of the molecule is C[CH2][Ge]([CH2]C)([CH2]C)[C](=O)c1ccc(F)cc1. The average molecular weight is 283 g/mol. The average Bonchev–Trinajstić information content (AvgIpc) is 2.33. The molecule has 0 saturated heterocycles. The van der Waals surface area contributed by atoms with Gasteiger partial charge in [0.25, 0.3) is 0 Å². The molecule has 1 aromatic carbocycles. The van der Waals surface area contributed by atoms with Gasteiger partial charge in [-0.1, -0.05) is 0 Å². The molecule has 0 unspecified atom stereocenters. The van der Waals surface area contributed by atoms with Gasteiger partial charge in [-0.15, -0.1) is 0 Å². The Bertz CT molecular complexity index is 346. The molecule has 3 heteroatoms. The summed E-state index contributed by atoms with van der Waals surface area (Å²) in [5, 5.41) is 3.05. The van der Waals surface area contributed by atoms with Gasteiger partial charge in [0.2, 0.25) is 0 Å². The molecular formula is C13H19FGeO. The normalized spacial score (nSPS) is 11.5. The Hall–Kier alpha value is -0.637. The van der Waals surface area contributed by atoms with Crippen molar-refractivity contribution in [3.05, 3.63) is 35.6 Å². The van der Waals surface area contributed by atoms with Crippen LogP contribution in [0.2, 0.25) is 15.8 Å². The van der Waals surface area contributed by atoms with Crippen molar-refractivity contribution in [1.82, 2.24) is 0 Å². The van der Waals surface area contributed by atoms with Crippen LogP contribution in [0.4, 0.5) is 4.39 Å². The summed E-state index contributed by atoms with van der Waals surface area (Å²) in [6.07, 6.45) is 0. The van der Waals surface area contributed by atoms with E-state index in [9.17, 15) is 9.18 Å². The van der Waals surface area contributed by atoms with Crippen LogP contribution < -0.4 is 0 Å². The molecule has 1 aromatic rings. The van der Waals surface area contributed by atoms with Gasteiger partial charge in [-0.3, -0.25) is 0 Å². The van der Waals surface area contributed by atoms with E-state index in [1.807, 2.05) is 0 Å². The molecule has 0 amide bonds. The van der Waals surface area contributed by atoms with Crippen molar-refractivity contribution < 1.29 is 9.18 Å². The van der Waals surface area contributed by atoms with Crippen molar-refractivity contribution >= 4 is 17.9 Å². The molecule has 0 aliphatic rings. The van der Waals surface area contributed by atoms with Crippen LogP contribution >= 0.6 is 0 Å². The van der Waals surface area contributed by atoms with E-state index in [1.165, 1.54) is 12.1 Å². The number of carbonyl (C=O) groups is 1. The third-order valence-electron chi connectivity index (χ3n) is 3.62. The van der Waals surface area contributed by atoms with E-state index in [2.05, 4.69) is 20.8 Å². The van der Waals surface area contributed by atoms with Crippen LogP contribution in [0.15, 0.2) is 24.3 Å². The van der Waals surface area contributed by atoms with E-state index >= 15 is 0 Å². The summed E-state index contributed by atoms with van der Waals surface area (Å²) in [6.45, 7) is 6.36. The van der Waals surface area contributed by atoms with Crippen LogP contribution in [0.1, 0.15) is 31.1 Å². The summed E-state index contributed by atoms with van der Waals surface area (Å²) in [5.41, 5.74) is 0.701. The van der Waals surface area contributed by atoms with Crippen LogP contribution in [-0.2, 0) is 0 Å². The maximum atomic E-state index is 12.8. The zero-order chi connectivity index (χ0) is 12.2. The fourth-order valence-electron chi connectivity index (χ4n) is 2.14. The molecule has 0 bridgehead atoms. The van der Waals surface area contributed by atoms with E-state index < -0.39 is 13.3 Å². The second-order valence-corrected chi connectivity index (χ2v) is 15.0. The standard InChI is InChI=1S/C13H19FGeO/c1-4-15(5-2,6-3)13(16)11-7-9-12(14)10-8-11/h7-10H,4-6H2,1-3H3. The van der Waals surface area contributed by atoms with Gasteiger partial charge in [0.15, 0.2) is 0 Å². The Balaban J connectivity index is 3.04. The third kappa shape index (κ3) is 2.54. The fraction of sp³-hybridized carbons (Fsp3) is 0.462. The summed E-state index contributed by atoms with van der Waals surface area (Å²) in [5.74, 6) is -0.279. The van der Waals surface area contributed by atoms with Crippen LogP contribution in [0.25, 0.3) is 0 Å². The van der Waals surface area contributed by atoms with Gasteiger partial charge >= 0.3 is 99.2 Å². The number of rotatable bonds is 5. The van der Waals surface area contributed by atoms with Gasteiger partial charge < -0.3 is 0 Å². The summed E-state index contributed by atoms with van der Waals surface area (Å²) < 4.78 is 13.1. The van der Waals surface area contributed by atoms with E-state index in [0.29, 0.717) is 10.2 Å². The molecule has 0 N–H and O–H groups in total. The third-order valence-corrected chi connectivity index (χ3v) is 14.8. The minimum absolute atomic E-state index is 0.279. The topological polar surface area (TPSA) is 17.1 Å². The van der Waals surface area contributed by atoms with Gasteiger partial charge in [-0.05, 0) is 0 Å². The molecule has 0 heterocycles. The number of benzene rings is 1. The van der Waals surface area contributed by atoms with Crippen LogP contribution in [-0.4, -0.2) is 17.9 Å². The Kier molecular flexibility index (Phi) is 4.72. The molecule has 0 aromatic heterocycles. The number of hydrogen-bond acceptors (Lipinski definition) is 1. The van der Waals surface area contributed by atoms with E-state index in [-0.39, 0.29) is 5.82 Å². The second kappa shape index (κ2) is 5.62. The summed E-state index contributed by atoms with van der Waals surface area (Å²) in [6, 6.07) is 6.00. The Morgan fingerprint density at radius 1 is 1.06 bits per heavy atom. The number of carbonyl (C=O) groups excluding carboxylic acids is 1. The van der Waals surface area contributed by atoms with Gasteiger partial charge in [0, 0.05) is 0 Å². The van der Waals surface area contributed by atoms with Crippen molar-refractivity contribution in [2.45, 2.75) is 36.5 Å². The molecule has 0 saturated carbocycles. The maximum absolute atomic E-state index is 12.8. The first-order chi connectivity index (χ1) is 7.59. The first-order valence-electron chi connectivity index (χ1n) is 5.90. The van der Waals surface area contributed by atoms with Crippen LogP contribution in [0.5, 0.6) is 0 Å². The predicted octanol–water partition coefficient (Wildman–Crippen LogP) is 4.06. The Morgan fingerprint density at radius 2 is 1.50 bits per heavy atom. The molecule has 16 heavy (non-hydrogen) atoms. The molecular weight excluding hydrogens is 264 g/mol. The predicted molar refractivity (Wildman–Crippen MR) is 67.9 cm³/mol. The summed E-state index contributed by atoms with van der Waals surface area (Å²) in [4.78, 5) is 12.4. The molecule has 0 aliphatic carbocycles. The fourth-order valence-corrected chi connectivity index (χ4v) is 8.94. The zero-order valence-electron chi connectivity index (χ0n) is 10.2. The molecule has 0 fully saturated rings.